The summed E-state index contributed by atoms with van der Waals surface area (Å²) in [4.78, 5) is 20.7. The van der Waals surface area contributed by atoms with Crippen molar-refractivity contribution in [2.75, 3.05) is 12.0 Å². The van der Waals surface area contributed by atoms with E-state index in [1.807, 2.05) is 13.0 Å². The van der Waals surface area contributed by atoms with Crippen LogP contribution in [0, 0.1) is 29.0 Å². The third kappa shape index (κ3) is 3.23. The minimum absolute atomic E-state index is 0.0770. The molecule has 1 fully saturated rings. The number of alkyl halides is 1. The first-order chi connectivity index (χ1) is 13.9. The molecule has 4 rings (SSSR count). The van der Waals surface area contributed by atoms with Crippen LogP contribution in [0.15, 0.2) is 41.5 Å². The molecule has 0 radical (unpaired) electrons. The number of halogens is 2. The van der Waals surface area contributed by atoms with E-state index in [9.17, 15) is 13.6 Å². The summed E-state index contributed by atoms with van der Waals surface area (Å²) in [5, 5.41) is 11.8. The number of aromatic nitrogens is 1. The number of rotatable bonds is 4. The topological polar surface area (TPSA) is 104 Å². The number of amidine groups is 1. The second kappa shape index (κ2) is 7.12. The summed E-state index contributed by atoms with van der Waals surface area (Å²) in [6.07, 6.45) is 1.29. The minimum atomic E-state index is -1.39. The van der Waals surface area contributed by atoms with Gasteiger partial charge in [0, 0.05) is 28.6 Å². The summed E-state index contributed by atoms with van der Waals surface area (Å²) in [6, 6.07) is 8.80. The SMILES string of the molecule is C[C@@H]1[C@@H]2SC(N)=N[C@](CF)(c3cc(NC(=O)c4ccc(C#N)cn4)ccc3F)[C@H]12. The van der Waals surface area contributed by atoms with Crippen LogP contribution in [0.25, 0.3) is 0 Å². The lowest BCUT2D eigenvalue weighted by atomic mass is 9.85. The standard InChI is InChI=1S/C20H17F2N5OS/c1-10-16-17(10)29-19(24)27-20(16,9-21)13-6-12(3-4-14(13)22)26-18(28)15-5-2-11(7-23)8-25-15/h2-6,8,10,16-17H,9H2,1H3,(H2,24,27)(H,26,28)/t10-,16+,17-,20+/m0/s1. The van der Waals surface area contributed by atoms with E-state index in [1.165, 1.54) is 48.3 Å². The Labute approximate surface area is 170 Å². The third-order valence-corrected chi connectivity index (χ3v) is 6.76. The molecule has 1 saturated carbocycles. The summed E-state index contributed by atoms with van der Waals surface area (Å²) in [5.74, 6) is -1.13. The van der Waals surface area contributed by atoms with Crippen molar-refractivity contribution in [3.05, 3.63) is 59.2 Å². The van der Waals surface area contributed by atoms with Gasteiger partial charge in [0.05, 0.1) is 5.56 Å². The monoisotopic (exact) mass is 413 g/mol. The van der Waals surface area contributed by atoms with Gasteiger partial charge in [-0.25, -0.2) is 18.8 Å². The number of aliphatic imine (C=N–C) groups is 1. The van der Waals surface area contributed by atoms with Crippen molar-refractivity contribution in [2.45, 2.75) is 17.7 Å². The predicted molar refractivity (Wildman–Crippen MR) is 107 cm³/mol. The van der Waals surface area contributed by atoms with Gasteiger partial charge < -0.3 is 11.1 Å². The van der Waals surface area contributed by atoms with Gasteiger partial charge in [-0.15, -0.1) is 0 Å². The van der Waals surface area contributed by atoms with Gasteiger partial charge in [0.2, 0.25) is 0 Å². The first-order valence-corrected chi connectivity index (χ1v) is 9.83. The van der Waals surface area contributed by atoms with Gasteiger partial charge in [-0.2, -0.15) is 5.26 Å². The molecule has 1 aromatic heterocycles. The van der Waals surface area contributed by atoms with E-state index in [0.29, 0.717) is 11.3 Å². The van der Waals surface area contributed by atoms with Crippen molar-refractivity contribution >= 4 is 28.5 Å². The minimum Gasteiger partial charge on any atom is -0.379 e. The molecule has 29 heavy (non-hydrogen) atoms. The number of fused-ring (bicyclic) bond motifs is 1. The van der Waals surface area contributed by atoms with Crippen LogP contribution in [-0.2, 0) is 5.54 Å². The number of amides is 1. The van der Waals surface area contributed by atoms with Crippen molar-refractivity contribution in [1.29, 1.82) is 5.26 Å². The lowest BCUT2D eigenvalue weighted by molar-refractivity contribution is 0.102. The number of carbonyl (C=O) groups excluding carboxylic acids is 1. The molecule has 2 aliphatic rings. The maximum atomic E-state index is 14.7. The number of hydrogen-bond acceptors (Lipinski definition) is 6. The highest BCUT2D eigenvalue weighted by Crippen LogP contribution is 2.62. The number of benzene rings is 1. The smallest absolute Gasteiger partial charge is 0.274 e. The quantitative estimate of drug-likeness (QED) is 0.801. The molecule has 0 saturated heterocycles. The molecule has 1 amide bonds. The molecule has 3 N–H and O–H groups in total. The second-order valence-corrected chi connectivity index (χ2v) is 8.37. The van der Waals surface area contributed by atoms with Crippen molar-refractivity contribution in [1.82, 2.24) is 4.98 Å². The van der Waals surface area contributed by atoms with E-state index in [4.69, 9.17) is 11.0 Å². The van der Waals surface area contributed by atoms with Crippen molar-refractivity contribution < 1.29 is 13.6 Å². The van der Waals surface area contributed by atoms with Gasteiger partial charge in [0.15, 0.2) is 5.17 Å². The Hall–Kier alpha value is -2.99. The lowest BCUT2D eigenvalue weighted by Gasteiger charge is -2.32. The predicted octanol–water partition coefficient (Wildman–Crippen LogP) is 3.21. The Morgan fingerprint density at radius 1 is 1.41 bits per heavy atom. The molecule has 6 nitrogen and oxygen atoms in total. The highest BCUT2D eigenvalue weighted by atomic mass is 32.2. The van der Waals surface area contributed by atoms with E-state index in [0.717, 1.165) is 0 Å². The Kier molecular flexibility index (Phi) is 4.74. The molecule has 0 spiro atoms. The molecule has 1 aromatic carbocycles. The molecule has 0 bridgehead atoms. The summed E-state index contributed by atoms with van der Waals surface area (Å²) in [5.41, 5.74) is 5.30. The van der Waals surface area contributed by atoms with E-state index < -0.39 is 23.9 Å². The zero-order chi connectivity index (χ0) is 20.8. The molecule has 1 aliphatic heterocycles. The van der Waals surface area contributed by atoms with Crippen LogP contribution < -0.4 is 11.1 Å². The average Bonchev–Trinajstić information content (AvgIpc) is 3.38. The second-order valence-electron chi connectivity index (χ2n) is 7.17. The summed E-state index contributed by atoms with van der Waals surface area (Å²) in [7, 11) is 0. The fourth-order valence-electron chi connectivity index (χ4n) is 3.91. The molecule has 1 aliphatic carbocycles. The van der Waals surface area contributed by atoms with Gasteiger partial charge in [-0.3, -0.25) is 4.79 Å². The molecular formula is C20H17F2N5OS. The molecule has 148 valence electrons. The Bertz CT molecular complexity index is 1050. The fraction of sp³-hybridized carbons (Fsp3) is 0.300. The first kappa shape index (κ1) is 19.3. The van der Waals surface area contributed by atoms with E-state index in [1.54, 1.807) is 0 Å². The van der Waals surface area contributed by atoms with Gasteiger partial charge >= 0.3 is 0 Å². The maximum absolute atomic E-state index is 14.7. The number of nitriles is 1. The van der Waals surface area contributed by atoms with E-state index >= 15 is 0 Å². The van der Waals surface area contributed by atoms with Crippen molar-refractivity contribution in [2.24, 2.45) is 22.6 Å². The summed E-state index contributed by atoms with van der Waals surface area (Å²) >= 11 is 1.39. The van der Waals surface area contributed by atoms with Crippen LogP contribution in [0.4, 0.5) is 14.5 Å². The molecule has 0 unspecified atom stereocenters. The largest absolute Gasteiger partial charge is 0.379 e. The van der Waals surface area contributed by atoms with Gasteiger partial charge in [-0.05, 0) is 36.2 Å². The van der Waals surface area contributed by atoms with Crippen LogP contribution in [0.1, 0.15) is 28.5 Å². The first-order valence-electron chi connectivity index (χ1n) is 8.95. The molecule has 4 atom stereocenters. The van der Waals surface area contributed by atoms with Gasteiger partial charge in [0.25, 0.3) is 5.91 Å². The van der Waals surface area contributed by atoms with Crippen LogP contribution in [0.3, 0.4) is 0 Å². The highest BCUT2D eigenvalue weighted by molar-refractivity contribution is 8.14. The maximum Gasteiger partial charge on any atom is 0.274 e. The van der Waals surface area contributed by atoms with Crippen LogP contribution in [0.2, 0.25) is 0 Å². The number of anilines is 1. The number of hydrogen-bond donors (Lipinski definition) is 2. The molecule has 2 heterocycles. The van der Waals surface area contributed by atoms with Crippen LogP contribution in [-0.4, -0.2) is 28.0 Å². The van der Waals surface area contributed by atoms with Gasteiger partial charge in [-0.1, -0.05) is 18.7 Å². The number of carbonyl (C=O) groups is 1. The lowest BCUT2D eigenvalue weighted by Crippen LogP contribution is -2.37. The summed E-state index contributed by atoms with van der Waals surface area (Å²) in [6.45, 7) is 1.09. The Balaban J connectivity index is 1.66. The van der Waals surface area contributed by atoms with E-state index in [2.05, 4.69) is 15.3 Å². The molecule has 2 aromatic rings. The average molecular weight is 413 g/mol. The fourth-order valence-corrected chi connectivity index (χ4v) is 5.31. The zero-order valence-electron chi connectivity index (χ0n) is 15.4. The van der Waals surface area contributed by atoms with Crippen molar-refractivity contribution in [3.63, 3.8) is 0 Å². The highest BCUT2D eigenvalue weighted by Gasteiger charge is 2.63. The Morgan fingerprint density at radius 3 is 2.86 bits per heavy atom. The number of nitrogens with two attached hydrogens (primary N) is 1. The summed E-state index contributed by atoms with van der Waals surface area (Å²) < 4.78 is 29.0. The van der Waals surface area contributed by atoms with Crippen LogP contribution in [0.5, 0.6) is 0 Å². The van der Waals surface area contributed by atoms with Crippen LogP contribution >= 0.6 is 11.8 Å². The number of nitrogens with zero attached hydrogens (tertiary/aromatic N) is 3. The number of pyridine rings is 1. The molecule has 9 heteroatoms. The third-order valence-electron chi connectivity index (χ3n) is 5.44. The zero-order valence-corrected chi connectivity index (χ0v) is 16.2. The molecular weight excluding hydrogens is 396 g/mol. The Morgan fingerprint density at radius 2 is 2.21 bits per heavy atom. The van der Waals surface area contributed by atoms with E-state index in [-0.39, 0.29) is 33.5 Å². The van der Waals surface area contributed by atoms with Crippen molar-refractivity contribution in [3.8, 4) is 6.07 Å². The number of nitrogens with one attached hydrogen (secondary N) is 1. The van der Waals surface area contributed by atoms with Gasteiger partial charge in [0.1, 0.15) is 29.8 Å². The number of thioether (sulfide) groups is 1. The normalized spacial score (nSPS) is 27.4.